The van der Waals surface area contributed by atoms with Gasteiger partial charge in [0.15, 0.2) is 11.6 Å². The second kappa shape index (κ2) is 12.0. The summed E-state index contributed by atoms with van der Waals surface area (Å²) in [6, 6.07) is 14.1. The van der Waals surface area contributed by atoms with Gasteiger partial charge in [0.2, 0.25) is 0 Å². The molecular formula is C35H36F3N3O4. The number of ether oxygens (including phenoxy) is 1. The van der Waals surface area contributed by atoms with E-state index >= 15 is 4.39 Å². The van der Waals surface area contributed by atoms with Crippen LogP contribution < -0.4 is 15.0 Å². The number of phenolic OH excluding ortho intramolecular Hbond substituents is 1. The zero-order valence-corrected chi connectivity index (χ0v) is 26.0. The first kappa shape index (κ1) is 31.7. The number of oxazole rings is 1. The van der Waals surface area contributed by atoms with E-state index in [1.165, 1.54) is 47.4 Å². The molecule has 10 heteroatoms. The van der Waals surface area contributed by atoms with E-state index < -0.39 is 23.9 Å². The van der Waals surface area contributed by atoms with Gasteiger partial charge in [-0.1, -0.05) is 51.5 Å². The number of carbonyl (C=O) groups is 1. The van der Waals surface area contributed by atoms with E-state index in [2.05, 4.69) is 31.1 Å². The van der Waals surface area contributed by atoms with Crippen LogP contribution in [0.5, 0.6) is 11.5 Å². The number of para-hydroxylation sites is 1. The Morgan fingerprint density at radius 1 is 1.07 bits per heavy atom. The number of anilines is 2. The van der Waals surface area contributed by atoms with Gasteiger partial charge in [0.05, 0.1) is 17.3 Å². The fraction of sp³-hybridized carbons (Fsp3) is 0.314. The van der Waals surface area contributed by atoms with Crippen molar-refractivity contribution in [3.8, 4) is 11.5 Å². The highest BCUT2D eigenvalue weighted by Gasteiger charge is 2.40. The fourth-order valence-corrected chi connectivity index (χ4v) is 5.46. The molecule has 1 amide bonds. The van der Waals surface area contributed by atoms with Crippen molar-refractivity contribution in [2.45, 2.75) is 66.5 Å². The van der Waals surface area contributed by atoms with Gasteiger partial charge < -0.3 is 19.6 Å². The molecule has 0 bridgehead atoms. The highest BCUT2D eigenvalue weighted by molar-refractivity contribution is 6.09. The summed E-state index contributed by atoms with van der Waals surface area (Å²) >= 11 is 0. The molecule has 0 fully saturated rings. The highest BCUT2D eigenvalue weighted by Crippen LogP contribution is 2.48. The average Bonchev–Trinajstić information content (AvgIpc) is 3.28. The Bertz CT molecular complexity index is 1770. The Labute approximate surface area is 260 Å². The summed E-state index contributed by atoms with van der Waals surface area (Å²) in [4.78, 5) is 20.1. The number of carbonyl (C=O) groups excluding carboxylic acids is 1. The Morgan fingerprint density at radius 3 is 2.40 bits per heavy atom. The predicted octanol–water partition coefficient (Wildman–Crippen LogP) is 9.18. The maximum absolute atomic E-state index is 16.2. The van der Waals surface area contributed by atoms with Crippen LogP contribution in [-0.4, -0.2) is 16.0 Å². The second-order valence-corrected chi connectivity index (χ2v) is 12.0. The van der Waals surface area contributed by atoms with Crippen molar-refractivity contribution in [2.75, 3.05) is 10.2 Å². The molecule has 1 aliphatic heterocycles. The van der Waals surface area contributed by atoms with E-state index in [-0.39, 0.29) is 56.8 Å². The number of hydrogen-bond donors (Lipinski definition) is 2. The molecule has 1 aliphatic rings. The van der Waals surface area contributed by atoms with E-state index in [1.807, 2.05) is 0 Å². The molecule has 0 spiro atoms. The minimum Gasteiger partial charge on any atom is -0.506 e. The lowest BCUT2D eigenvalue weighted by atomic mass is 9.83. The number of aryl methyl sites for hydroxylation is 2. The molecule has 7 nitrogen and oxygen atoms in total. The first-order valence-electron chi connectivity index (χ1n) is 14.7. The van der Waals surface area contributed by atoms with Crippen molar-refractivity contribution in [3.05, 3.63) is 112 Å². The van der Waals surface area contributed by atoms with E-state index in [0.29, 0.717) is 17.7 Å². The molecule has 45 heavy (non-hydrogen) atoms. The SMILES string of the molecule is CCC(C)(C)CC1=C(C)C(c2ccc(OC(F)(F)c3ccccc3)cc2F)N(C(=O)c2nc(C)oc2C)c2cccc(O)c2N1. The number of fused-ring (bicyclic) bond motifs is 1. The molecular weight excluding hydrogens is 583 g/mol. The number of nitrogens with zero attached hydrogens (tertiary/aromatic N) is 2. The summed E-state index contributed by atoms with van der Waals surface area (Å²) in [6.45, 7) is 11.3. The van der Waals surface area contributed by atoms with Gasteiger partial charge in [-0.3, -0.25) is 9.69 Å². The molecule has 1 aromatic heterocycles. The molecule has 0 aliphatic carbocycles. The number of hydrogen-bond acceptors (Lipinski definition) is 6. The smallest absolute Gasteiger partial charge is 0.426 e. The molecule has 2 heterocycles. The van der Waals surface area contributed by atoms with E-state index in [9.17, 15) is 18.7 Å². The van der Waals surface area contributed by atoms with E-state index in [4.69, 9.17) is 9.15 Å². The van der Waals surface area contributed by atoms with Crippen LogP contribution in [0, 0.1) is 25.1 Å². The number of amides is 1. The maximum atomic E-state index is 16.2. The van der Waals surface area contributed by atoms with Crippen molar-refractivity contribution < 1.29 is 32.2 Å². The van der Waals surface area contributed by atoms with Gasteiger partial charge >= 0.3 is 6.11 Å². The second-order valence-electron chi connectivity index (χ2n) is 12.0. The molecule has 3 aromatic carbocycles. The topological polar surface area (TPSA) is 87.8 Å². The summed E-state index contributed by atoms with van der Waals surface area (Å²) in [5.41, 5.74) is 1.33. The molecule has 0 saturated carbocycles. The standard InChI is InChI=1S/C35H36F3N3O4/c1-7-34(5,6)19-27-20(2)32(25-17-16-24(18-26(25)36)45-35(37,38)23-12-9-8-10-13-23)41(28-14-11-15-29(42)31(28)40-27)33(43)30-21(3)44-22(4)39-30/h8-18,32,40,42H,7,19H2,1-6H3. The Hall–Kier alpha value is -4.73. The Morgan fingerprint density at radius 2 is 1.78 bits per heavy atom. The van der Waals surface area contributed by atoms with Crippen molar-refractivity contribution in [2.24, 2.45) is 5.41 Å². The largest absolute Gasteiger partial charge is 0.506 e. The molecule has 2 N–H and O–H groups in total. The van der Waals surface area contributed by atoms with Gasteiger partial charge in [-0.25, -0.2) is 9.37 Å². The number of aromatic nitrogens is 1. The zero-order valence-electron chi connectivity index (χ0n) is 26.0. The summed E-state index contributed by atoms with van der Waals surface area (Å²) in [5, 5.41) is 14.4. The van der Waals surface area contributed by atoms with Crippen LogP contribution >= 0.6 is 0 Å². The van der Waals surface area contributed by atoms with Crippen LogP contribution in [0.15, 0.2) is 82.4 Å². The van der Waals surface area contributed by atoms with Crippen LogP contribution in [-0.2, 0) is 6.11 Å². The van der Waals surface area contributed by atoms with Gasteiger partial charge in [0.1, 0.15) is 28.8 Å². The van der Waals surface area contributed by atoms with Gasteiger partial charge in [-0.15, -0.1) is 0 Å². The van der Waals surface area contributed by atoms with E-state index in [1.54, 1.807) is 39.0 Å². The van der Waals surface area contributed by atoms with Crippen LogP contribution in [0.1, 0.15) is 79.8 Å². The zero-order chi connectivity index (χ0) is 32.7. The van der Waals surface area contributed by atoms with Crippen molar-refractivity contribution in [3.63, 3.8) is 0 Å². The number of halogens is 3. The van der Waals surface area contributed by atoms with E-state index in [0.717, 1.165) is 12.5 Å². The van der Waals surface area contributed by atoms with Crippen molar-refractivity contribution in [1.29, 1.82) is 0 Å². The molecule has 0 saturated heterocycles. The minimum atomic E-state index is -3.71. The third-order valence-corrected chi connectivity index (χ3v) is 8.26. The van der Waals surface area contributed by atoms with Gasteiger partial charge in [0, 0.05) is 24.3 Å². The molecule has 1 atom stereocenters. The maximum Gasteiger partial charge on any atom is 0.426 e. The van der Waals surface area contributed by atoms with Gasteiger partial charge in [-0.2, -0.15) is 8.78 Å². The highest BCUT2D eigenvalue weighted by atomic mass is 19.3. The van der Waals surface area contributed by atoms with Gasteiger partial charge in [-0.05, 0) is 67.7 Å². The first-order valence-corrected chi connectivity index (χ1v) is 14.7. The third kappa shape index (κ3) is 6.27. The van der Waals surface area contributed by atoms with Crippen LogP contribution in [0.3, 0.4) is 0 Å². The predicted molar refractivity (Wildman–Crippen MR) is 166 cm³/mol. The average molecular weight is 620 g/mol. The van der Waals surface area contributed by atoms with Crippen LogP contribution in [0.4, 0.5) is 24.5 Å². The Kier molecular flexibility index (Phi) is 8.44. The lowest BCUT2D eigenvalue weighted by Gasteiger charge is -2.33. The fourth-order valence-electron chi connectivity index (χ4n) is 5.46. The van der Waals surface area contributed by atoms with Gasteiger partial charge in [0.25, 0.3) is 5.91 Å². The minimum absolute atomic E-state index is 0.0276. The van der Waals surface area contributed by atoms with Crippen molar-refractivity contribution in [1.82, 2.24) is 4.98 Å². The molecule has 0 radical (unpaired) electrons. The first-order chi connectivity index (χ1) is 21.2. The summed E-state index contributed by atoms with van der Waals surface area (Å²) in [5.74, 6) is -1.38. The summed E-state index contributed by atoms with van der Waals surface area (Å²) < 4.78 is 56.6. The number of aromatic hydroxyl groups is 1. The normalized spacial score (nSPS) is 15.4. The van der Waals surface area contributed by atoms with Crippen LogP contribution in [0.25, 0.3) is 0 Å². The number of phenols is 1. The number of allylic oxidation sites excluding steroid dienone is 1. The monoisotopic (exact) mass is 619 g/mol. The summed E-state index contributed by atoms with van der Waals surface area (Å²) in [7, 11) is 0. The number of alkyl halides is 2. The van der Waals surface area contributed by atoms with Crippen molar-refractivity contribution >= 4 is 17.3 Å². The van der Waals surface area contributed by atoms with Crippen LogP contribution in [0.2, 0.25) is 0 Å². The lowest BCUT2D eigenvalue weighted by Crippen LogP contribution is -2.36. The quantitative estimate of drug-likeness (QED) is 0.191. The molecule has 1 unspecified atom stereocenters. The molecule has 4 aromatic rings. The molecule has 236 valence electrons. The number of benzene rings is 3. The number of rotatable bonds is 8. The molecule has 5 rings (SSSR count). The Balaban J connectivity index is 1.69. The number of nitrogens with one attached hydrogen (secondary N) is 1. The lowest BCUT2D eigenvalue weighted by molar-refractivity contribution is -0.185. The summed E-state index contributed by atoms with van der Waals surface area (Å²) in [6.07, 6.45) is -2.38. The third-order valence-electron chi connectivity index (χ3n) is 8.26.